The Labute approximate surface area is 245 Å². The smallest absolute Gasteiger partial charge is 0.471 e. The number of pyridine rings is 1. The lowest BCUT2D eigenvalue weighted by Gasteiger charge is -2.37. The molecule has 1 aromatic carbocycles. The standard InChI is InChI=1S/C23H26FN6O9P/c1-23(2)21(31)30(11-38-40(32,33)34)20-14(39-23)6-7-17(28-20)27-19-13(24)10-25-22(29-19)26-12-8-15(35-3)18(37-5)16(9-12)36-4/h6-10H,11H2,1-5H3,(H2,32,33,34)(H2,25,26,27,28,29)/i1D3,2D3,6D,7D,8D,9D,10D,11D2. The molecule has 0 unspecified atom stereocenters. The van der Waals surface area contributed by atoms with Crippen molar-refractivity contribution >= 4 is 42.8 Å². The third-order valence-corrected chi connectivity index (χ3v) is 4.92. The minimum atomic E-state index is -5.93. The number of hydrogen-bond acceptors (Lipinski definition) is 12. The van der Waals surface area contributed by atoms with Crippen molar-refractivity contribution in [1.82, 2.24) is 15.0 Å². The summed E-state index contributed by atoms with van der Waals surface area (Å²) in [7, 11) is -2.35. The lowest BCUT2D eigenvalue weighted by molar-refractivity contribution is -0.133. The highest BCUT2D eigenvalue weighted by Crippen LogP contribution is 2.42. The maximum Gasteiger partial charge on any atom is 0.471 e. The molecule has 0 spiro atoms. The van der Waals surface area contributed by atoms with Crippen molar-refractivity contribution in [2.75, 3.05) is 43.5 Å². The van der Waals surface area contributed by atoms with Crippen molar-refractivity contribution in [3.8, 4) is 23.0 Å². The van der Waals surface area contributed by atoms with Gasteiger partial charge in [-0.25, -0.2) is 18.9 Å². The van der Waals surface area contributed by atoms with Gasteiger partial charge in [-0.15, -0.1) is 0 Å². The van der Waals surface area contributed by atoms with Gasteiger partial charge in [0.1, 0.15) is 12.5 Å². The topological polar surface area (TPSA) is 187 Å². The van der Waals surface area contributed by atoms with Crippen LogP contribution in [-0.4, -0.2) is 64.3 Å². The van der Waals surface area contributed by atoms with Crippen LogP contribution in [0.2, 0.25) is 0 Å². The minimum Gasteiger partial charge on any atom is -0.493 e. The number of phosphoric ester groups is 1. The molecular formula is C23H26FN6O9P. The van der Waals surface area contributed by atoms with Crippen LogP contribution in [0.1, 0.15) is 31.5 Å². The van der Waals surface area contributed by atoms with Gasteiger partial charge in [0.2, 0.25) is 11.7 Å². The molecule has 1 amide bonds. The zero-order valence-electron chi connectivity index (χ0n) is 33.4. The number of methoxy groups -OCH3 is 3. The third kappa shape index (κ3) is 6.15. The molecule has 1 aliphatic heterocycles. The summed E-state index contributed by atoms with van der Waals surface area (Å²) in [6.07, 6.45) is -1.15. The summed E-state index contributed by atoms with van der Waals surface area (Å²) >= 11 is 0. The fraction of sp³-hybridized carbons (Fsp3) is 0.304. The molecule has 214 valence electrons. The van der Waals surface area contributed by atoms with E-state index in [0.717, 1.165) is 0 Å². The molecule has 3 heterocycles. The Morgan fingerprint density at radius 1 is 1.18 bits per heavy atom. The van der Waals surface area contributed by atoms with E-state index in [1.165, 1.54) is 21.3 Å². The summed E-state index contributed by atoms with van der Waals surface area (Å²) in [5, 5.41) is 4.55. The lowest BCUT2D eigenvalue weighted by atomic mass is 10.1. The summed E-state index contributed by atoms with van der Waals surface area (Å²) in [5.74, 6) is -9.94. The van der Waals surface area contributed by atoms with Gasteiger partial charge < -0.3 is 39.4 Å². The number of fused-ring (bicyclic) bond motifs is 1. The second-order valence-electron chi connectivity index (χ2n) is 7.26. The maximum atomic E-state index is 15.3. The summed E-state index contributed by atoms with van der Waals surface area (Å²) < 4.78 is 157. The number of nitrogens with zero attached hydrogens (tertiary/aromatic N) is 4. The van der Waals surface area contributed by atoms with E-state index in [1.807, 2.05) is 0 Å². The van der Waals surface area contributed by atoms with Gasteiger partial charge >= 0.3 is 7.82 Å². The molecule has 4 N–H and O–H groups in total. The number of phosphoric acid groups is 1. The van der Waals surface area contributed by atoms with Crippen LogP contribution in [0.15, 0.2) is 30.3 Å². The molecule has 0 bridgehead atoms. The SMILES string of the molecule is [2H]c1nc(Nc2c([2H])c(OC)c(OC)c(OC)c2[2H])nc(Nc2nc3c(c([2H])c2[2H])OC(C([2H])([2H])[2H])(C([2H])([2H])[2H])C(=O)N3C([2H])([2H])OP(=O)(O)O)c1F. The zero-order chi connectivity index (χ0) is 40.4. The van der Waals surface area contributed by atoms with Crippen LogP contribution in [-0.2, 0) is 13.9 Å². The number of hydrogen-bond donors (Lipinski definition) is 4. The number of nitrogens with one attached hydrogen (secondary N) is 2. The Hall–Kier alpha value is -4.24. The molecule has 2 aromatic heterocycles. The average molecular weight is 594 g/mol. The molecule has 0 aliphatic carbocycles. The molecule has 17 heteroatoms. The van der Waals surface area contributed by atoms with Crippen LogP contribution < -0.4 is 34.5 Å². The monoisotopic (exact) mass is 593 g/mol. The molecule has 3 aromatic rings. The lowest BCUT2D eigenvalue weighted by Crippen LogP contribution is -2.53. The summed E-state index contributed by atoms with van der Waals surface area (Å²) in [5.41, 5.74) is -4.46. The molecule has 15 nitrogen and oxygen atoms in total. The maximum absolute atomic E-state index is 15.3. The van der Waals surface area contributed by atoms with Crippen molar-refractivity contribution in [2.24, 2.45) is 0 Å². The number of aromatic nitrogens is 3. The van der Waals surface area contributed by atoms with Gasteiger partial charge in [-0.3, -0.25) is 14.2 Å². The van der Waals surface area contributed by atoms with E-state index in [1.54, 1.807) is 0 Å². The predicted molar refractivity (Wildman–Crippen MR) is 139 cm³/mol. The van der Waals surface area contributed by atoms with E-state index in [0.29, 0.717) is 0 Å². The van der Waals surface area contributed by atoms with Crippen molar-refractivity contribution in [3.05, 3.63) is 36.2 Å². The fourth-order valence-electron chi connectivity index (χ4n) is 2.98. The molecule has 0 atom stereocenters. The molecule has 4 rings (SSSR count). The van der Waals surface area contributed by atoms with Gasteiger partial charge in [-0.05, 0) is 25.8 Å². The van der Waals surface area contributed by atoms with Crippen molar-refractivity contribution in [2.45, 2.75) is 19.3 Å². The first kappa shape index (κ1) is 16.1. The van der Waals surface area contributed by atoms with Gasteiger partial charge in [-0.2, -0.15) is 4.98 Å². The second kappa shape index (κ2) is 11.1. The van der Waals surface area contributed by atoms with Gasteiger partial charge in [-0.1, -0.05) is 0 Å². The molecular weight excluding hydrogens is 554 g/mol. The molecule has 0 fully saturated rings. The van der Waals surface area contributed by atoms with E-state index in [9.17, 15) is 19.1 Å². The quantitative estimate of drug-likeness (QED) is 0.251. The first-order chi connectivity index (χ1) is 24.2. The van der Waals surface area contributed by atoms with E-state index in [2.05, 4.69) is 30.1 Å². The van der Waals surface area contributed by atoms with Crippen LogP contribution in [0.3, 0.4) is 0 Å². The first-order valence-electron chi connectivity index (χ1n) is 16.9. The highest BCUT2D eigenvalue weighted by Gasteiger charge is 2.42. The molecule has 0 saturated heterocycles. The fourth-order valence-corrected chi connectivity index (χ4v) is 3.16. The Bertz CT molecular complexity index is 1990. The van der Waals surface area contributed by atoms with E-state index < -0.39 is 116 Å². The van der Waals surface area contributed by atoms with Crippen LogP contribution in [0.25, 0.3) is 0 Å². The van der Waals surface area contributed by atoms with Crippen LogP contribution >= 0.6 is 7.82 Å². The van der Waals surface area contributed by atoms with Crippen LogP contribution in [0, 0.1) is 5.82 Å². The number of ether oxygens (including phenoxy) is 4. The second-order valence-corrected chi connectivity index (χ2v) is 8.42. The number of halogens is 1. The number of benzene rings is 1. The normalized spacial score (nSPS) is 19.9. The Morgan fingerprint density at radius 3 is 2.48 bits per heavy atom. The van der Waals surface area contributed by atoms with Gasteiger partial charge in [0, 0.05) is 26.0 Å². The minimum absolute atomic E-state index is 0.131. The van der Waals surface area contributed by atoms with E-state index >= 15 is 4.39 Å². The first-order valence-corrected chi connectivity index (χ1v) is 11.9. The molecule has 0 radical (unpaired) electrons. The molecule has 0 saturated carbocycles. The van der Waals surface area contributed by atoms with Crippen LogP contribution in [0.4, 0.5) is 33.5 Å². The van der Waals surface area contributed by atoms with Gasteiger partial charge in [0.15, 0.2) is 40.3 Å². The Morgan fingerprint density at radius 2 is 1.88 bits per heavy atom. The third-order valence-electron chi connectivity index (χ3n) is 4.60. The summed E-state index contributed by atoms with van der Waals surface area (Å²) in [6, 6.07) is -3.48. The number of rotatable bonds is 10. The summed E-state index contributed by atoms with van der Waals surface area (Å²) in [6.45, 7) is -12.2. The van der Waals surface area contributed by atoms with Crippen LogP contribution in [0.5, 0.6) is 23.0 Å². The number of amides is 1. The average Bonchev–Trinajstić information content (AvgIpc) is 3.01. The summed E-state index contributed by atoms with van der Waals surface area (Å²) in [4.78, 5) is 43.0. The Kier molecular flexibility index (Phi) is 4.47. The van der Waals surface area contributed by atoms with Crippen molar-refractivity contribution in [1.29, 1.82) is 0 Å². The zero-order valence-corrected chi connectivity index (χ0v) is 21.3. The van der Waals surface area contributed by atoms with Crippen molar-refractivity contribution in [3.63, 3.8) is 0 Å². The predicted octanol–water partition coefficient (Wildman–Crippen LogP) is 3.09. The largest absolute Gasteiger partial charge is 0.493 e. The number of carbonyl (C=O) groups excluding carboxylic acids is 1. The highest BCUT2D eigenvalue weighted by atomic mass is 31.2. The highest BCUT2D eigenvalue weighted by molar-refractivity contribution is 7.46. The molecule has 1 aliphatic rings. The van der Waals surface area contributed by atoms with E-state index in [4.69, 9.17) is 36.8 Å². The van der Waals surface area contributed by atoms with E-state index in [-0.39, 0.29) is 17.2 Å². The molecule has 40 heavy (non-hydrogen) atoms. The number of anilines is 5. The van der Waals surface area contributed by atoms with Gasteiger partial charge in [0.25, 0.3) is 5.91 Å². The van der Waals surface area contributed by atoms with Crippen molar-refractivity contribution < 1.29 is 64.8 Å². The number of carbonyl (C=O) groups is 1. The van der Waals surface area contributed by atoms with Gasteiger partial charge in [0.05, 0.1) is 37.1 Å². The Balaban J connectivity index is 1.94.